The van der Waals surface area contributed by atoms with E-state index >= 15 is 0 Å². The van der Waals surface area contributed by atoms with Crippen LogP contribution in [0.1, 0.15) is 27.5 Å². The number of aryl methyl sites for hydroxylation is 1. The number of quaternary nitrogens is 1. The summed E-state index contributed by atoms with van der Waals surface area (Å²) in [5.74, 6) is -0.608. The van der Waals surface area contributed by atoms with Crippen LogP contribution >= 0.6 is 0 Å². The first-order valence-corrected chi connectivity index (χ1v) is 8.67. The molecule has 4 nitrogen and oxygen atoms in total. The van der Waals surface area contributed by atoms with E-state index in [1.165, 1.54) is 11.0 Å². The predicted octanol–water partition coefficient (Wildman–Crippen LogP) is 1.52. The lowest BCUT2D eigenvalue weighted by molar-refractivity contribution is -0.909. The van der Waals surface area contributed by atoms with Gasteiger partial charge in [-0.2, -0.15) is 0 Å². The molecule has 1 aliphatic rings. The number of carbonyl (C=O) groups is 1. The number of hydrogen-bond acceptors (Lipinski definition) is 2. The van der Waals surface area contributed by atoms with E-state index in [0.29, 0.717) is 11.1 Å². The van der Waals surface area contributed by atoms with Gasteiger partial charge in [-0.3, -0.25) is 4.79 Å². The summed E-state index contributed by atoms with van der Waals surface area (Å²) in [7, 11) is 0. The van der Waals surface area contributed by atoms with Crippen LogP contribution in [-0.4, -0.2) is 38.8 Å². The summed E-state index contributed by atoms with van der Waals surface area (Å²) in [4.78, 5) is 14.0. The summed E-state index contributed by atoms with van der Waals surface area (Å²) in [6.45, 7) is 5.82. The van der Waals surface area contributed by atoms with Crippen molar-refractivity contribution < 1.29 is 18.8 Å². The molecule has 1 saturated heterocycles. The molecule has 0 unspecified atom stereocenters. The van der Waals surface area contributed by atoms with Gasteiger partial charge >= 0.3 is 0 Å². The third-order valence-corrected chi connectivity index (χ3v) is 4.63. The van der Waals surface area contributed by atoms with Crippen molar-refractivity contribution in [2.45, 2.75) is 13.0 Å². The molecule has 25 heavy (non-hydrogen) atoms. The van der Waals surface area contributed by atoms with E-state index in [9.17, 15) is 9.18 Å². The highest BCUT2D eigenvalue weighted by Gasteiger charge is 2.23. The number of carbonyl (C=O) groups excluding carboxylic acids is 1. The summed E-state index contributed by atoms with van der Waals surface area (Å²) < 4.78 is 19.2. The van der Waals surface area contributed by atoms with Gasteiger partial charge in [0.2, 0.25) is 0 Å². The smallest absolute Gasteiger partial charge is 0.252 e. The summed E-state index contributed by atoms with van der Waals surface area (Å²) in [6, 6.07) is 14.4. The van der Waals surface area contributed by atoms with Crippen molar-refractivity contribution in [1.29, 1.82) is 0 Å². The summed E-state index contributed by atoms with van der Waals surface area (Å²) in [5, 5.41) is 3.08. The Morgan fingerprint density at radius 1 is 1.20 bits per heavy atom. The second kappa shape index (κ2) is 8.23. The van der Waals surface area contributed by atoms with E-state index in [-0.39, 0.29) is 17.8 Å². The Morgan fingerprint density at radius 2 is 1.92 bits per heavy atom. The van der Waals surface area contributed by atoms with Crippen molar-refractivity contribution in [1.82, 2.24) is 5.32 Å². The molecule has 2 aromatic rings. The Morgan fingerprint density at radius 3 is 2.60 bits per heavy atom. The topological polar surface area (TPSA) is 42.8 Å². The number of morpholine rings is 1. The minimum atomic E-state index is -0.359. The van der Waals surface area contributed by atoms with Crippen molar-refractivity contribution >= 4 is 5.91 Å². The molecule has 132 valence electrons. The van der Waals surface area contributed by atoms with Gasteiger partial charge in [0.15, 0.2) is 0 Å². The maximum absolute atomic E-state index is 13.8. The van der Waals surface area contributed by atoms with E-state index in [4.69, 9.17) is 4.74 Å². The minimum Gasteiger partial charge on any atom is -0.370 e. The highest BCUT2D eigenvalue weighted by atomic mass is 19.1. The van der Waals surface area contributed by atoms with Gasteiger partial charge in [-0.05, 0) is 30.2 Å². The molecule has 3 rings (SSSR count). The second-order valence-electron chi connectivity index (χ2n) is 6.47. The number of ether oxygens (including phenoxy) is 1. The molecule has 0 radical (unpaired) electrons. The third-order valence-electron chi connectivity index (χ3n) is 4.63. The Bertz CT molecular complexity index is 715. The van der Waals surface area contributed by atoms with Gasteiger partial charge in [0.05, 0.1) is 13.2 Å². The van der Waals surface area contributed by atoms with Crippen LogP contribution in [0.25, 0.3) is 0 Å². The lowest BCUT2D eigenvalue weighted by atomic mass is 10.0. The second-order valence-corrected chi connectivity index (χ2v) is 6.47. The molecule has 0 bridgehead atoms. The summed E-state index contributed by atoms with van der Waals surface area (Å²) in [6.07, 6.45) is 0. The molecule has 2 aromatic carbocycles. The van der Waals surface area contributed by atoms with Crippen molar-refractivity contribution in [3.05, 3.63) is 71.0 Å². The number of nitrogens with one attached hydrogen (secondary N) is 2. The highest BCUT2D eigenvalue weighted by Crippen LogP contribution is 2.14. The normalized spacial score (nSPS) is 16.4. The van der Waals surface area contributed by atoms with Crippen molar-refractivity contribution in [3.63, 3.8) is 0 Å². The molecule has 1 heterocycles. The van der Waals surface area contributed by atoms with E-state index in [2.05, 4.69) is 5.32 Å². The number of rotatable bonds is 5. The molecule has 0 spiro atoms. The van der Waals surface area contributed by atoms with Crippen LogP contribution in [0.5, 0.6) is 0 Å². The average Bonchev–Trinajstić information content (AvgIpc) is 2.65. The van der Waals surface area contributed by atoms with Crippen LogP contribution in [0.4, 0.5) is 4.39 Å². The molecule has 0 saturated carbocycles. The highest BCUT2D eigenvalue weighted by molar-refractivity contribution is 5.94. The number of benzene rings is 2. The molecule has 1 atom stereocenters. The zero-order valence-corrected chi connectivity index (χ0v) is 14.4. The molecule has 0 aromatic heterocycles. The fraction of sp³-hybridized carbons (Fsp3) is 0.350. The predicted molar refractivity (Wildman–Crippen MR) is 94.2 cm³/mol. The number of halogens is 1. The monoisotopic (exact) mass is 343 g/mol. The molecular weight excluding hydrogens is 319 g/mol. The largest absolute Gasteiger partial charge is 0.370 e. The van der Waals surface area contributed by atoms with Gasteiger partial charge in [-0.15, -0.1) is 0 Å². The van der Waals surface area contributed by atoms with Gasteiger partial charge in [-0.1, -0.05) is 36.4 Å². The van der Waals surface area contributed by atoms with Crippen LogP contribution in [-0.2, 0) is 4.74 Å². The standard InChI is InChI=1S/C20H23FN2O2/c1-15-7-8-17(13-18(15)21)20(24)22-19(16-5-3-2-4-6-16)14-23-9-11-25-12-10-23/h2-8,13,19H,9-12,14H2,1H3,(H,22,24)/p+1/t19-/m0/s1. The molecule has 0 aliphatic carbocycles. The van der Waals surface area contributed by atoms with Crippen LogP contribution in [0.15, 0.2) is 48.5 Å². The van der Waals surface area contributed by atoms with Gasteiger partial charge in [0, 0.05) is 5.56 Å². The quantitative estimate of drug-likeness (QED) is 0.864. The Labute approximate surface area is 147 Å². The molecular formula is C20H24FN2O2+. The first-order chi connectivity index (χ1) is 12.1. The zero-order valence-electron chi connectivity index (χ0n) is 14.4. The number of amides is 1. The zero-order chi connectivity index (χ0) is 17.6. The van der Waals surface area contributed by atoms with Crippen molar-refractivity contribution in [3.8, 4) is 0 Å². The van der Waals surface area contributed by atoms with Crippen LogP contribution in [0.3, 0.4) is 0 Å². The summed E-state index contributed by atoms with van der Waals surface area (Å²) in [5.41, 5.74) is 1.94. The lowest BCUT2D eigenvalue weighted by Gasteiger charge is -2.28. The maximum Gasteiger partial charge on any atom is 0.252 e. The average molecular weight is 343 g/mol. The SMILES string of the molecule is Cc1ccc(C(=O)N[C@@H](C[NH+]2CCOCC2)c2ccccc2)cc1F. The van der Waals surface area contributed by atoms with Gasteiger partial charge in [-0.25, -0.2) is 4.39 Å². The minimum absolute atomic E-state index is 0.119. The Kier molecular flexibility index (Phi) is 5.79. The van der Waals surface area contributed by atoms with Crippen molar-refractivity contribution in [2.24, 2.45) is 0 Å². The Hall–Kier alpha value is -2.24. The van der Waals surface area contributed by atoms with E-state index in [1.54, 1.807) is 19.1 Å². The first-order valence-electron chi connectivity index (χ1n) is 8.67. The summed E-state index contributed by atoms with van der Waals surface area (Å²) >= 11 is 0. The van der Waals surface area contributed by atoms with Crippen molar-refractivity contribution in [2.75, 3.05) is 32.8 Å². The van der Waals surface area contributed by atoms with Gasteiger partial charge < -0.3 is 15.0 Å². The molecule has 2 N–H and O–H groups in total. The van der Waals surface area contributed by atoms with E-state index < -0.39 is 0 Å². The lowest BCUT2D eigenvalue weighted by Crippen LogP contribution is -3.14. The van der Waals surface area contributed by atoms with Crippen LogP contribution < -0.4 is 10.2 Å². The van der Waals surface area contributed by atoms with Gasteiger partial charge in [0.25, 0.3) is 5.91 Å². The van der Waals surface area contributed by atoms with E-state index in [0.717, 1.165) is 38.4 Å². The molecule has 5 heteroatoms. The molecule has 1 fully saturated rings. The molecule has 1 amide bonds. The first kappa shape index (κ1) is 17.6. The maximum atomic E-state index is 13.8. The fourth-order valence-corrected chi connectivity index (χ4v) is 3.07. The van der Waals surface area contributed by atoms with Crippen LogP contribution in [0, 0.1) is 12.7 Å². The van der Waals surface area contributed by atoms with Gasteiger partial charge in [0.1, 0.15) is 31.5 Å². The fourth-order valence-electron chi connectivity index (χ4n) is 3.07. The molecule has 1 aliphatic heterocycles. The Balaban J connectivity index is 1.76. The van der Waals surface area contributed by atoms with Crippen LogP contribution in [0.2, 0.25) is 0 Å². The third kappa shape index (κ3) is 4.65. The van der Waals surface area contributed by atoms with E-state index in [1.807, 2.05) is 30.3 Å². The number of hydrogen-bond donors (Lipinski definition) is 2.